The number of nitrogens with two attached hydrogens (primary N) is 1. The molecule has 0 aliphatic heterocycles. The van der Waals surface area contributed by atoms with Gasteiger partial charge in [-0.2, -0.15) is 5.10 Å². The Morgan fingerprint density at radius 1 is 1.33 bits per heavy atom. The van der Waals surface area contributed by atoms with Crippen molar-refractivity contribution in [2.75, 3.05) is 7.11 Å². The summed E-state index contributed by atoms with van der Waals surface area (Å²) in [6.07, 6.45) is 0. The van der Waals surface area contributed by atoms with Gasteiger partial charge in [0, 0.05) is 0 Å². The summed E-state index contributed by atoms with van der Waals surface area (Å²) in [5.41, 5.74) is 1.37. The minimum Gasteiger partial charge on any atom is -0.399 e. The highest BCUT2D eigenvalue weighted by molar-refractivity contribution is 6.40. The summed E-state index contributed by atoms with van der Waals surface area (Å²) >= 11 is 0. The molecule has 0 atom stereocenters. The lowest BCUT2D eigenvalue weighted by atomic mass is 10.3. The van der Waals surface area contributed by atoms with Crippen LogP contribution in [0.2, 0.25) is 0 Å². The third-order valence-corrected chi connectivity index (χ3v) is 0.945. The molecule has 0 rings (SSSR count). The first-order chi connectivity index (χ1) is 4.22. The van der Waals surface area contributed by atoms with Gasteiger partial charge in [0.1, 0.15) is 7.11 Å². The van der Waals surface area contributed by atoms with Crippen LogP contribution in [0.4, 0.5) is 0 Å². The van der Waals surface area contributed by atoms with Gasteiger partial charge in [-0.25, -0.2) is 0 Å². The van der Waals surface area contributed by atoms with Gasteiger partial charge in [-0.1, -0.05) is 5.16 Å². The lowest BCUT2D eigenvalue weighted by Gasteiger charge is -1.93. The van der Waals surface area contributed by atoms with Gasteiger partial charge in [0.2, 0.25) is 0 Å². The third-order valence-electron chi connectivity index (χ3n) is 0.945. The summed E-state index contributed by atoms with van der Waals surface area (Å²) in [7, 11) is 1.48. The summed E-state index contributed by atoms with van der Waals surface area (Å²) in [6, 6.07) is 0. The zero-order valence-corrected chi connectivity index (χ0v) is 5.88. The standard InChI is InChI=1S/C5H11N3O/c1-4(7-6)5(2)8-9-3/h6H2,1-3H3/b7-4?,8-5-. The zero-order valence-electron chi connectivity index (χ0n) is 5.88. The number of hydrogen-bond acceptors (Lipinski definition) is 4. The molecule has 0 aliphatic carbocycles. The number of hydrogen-bond donors (Lipinski definition) is 1. The third kappa shape index (κ3) is 2.69. The Labute approximate surface area is 54.4 Å². The summed E-state index contributed by atoms with van der Waals surface area (Å²) in [5, 5.41) is 7.01. The Hall–Kier alpha value is -1.06. The van der Waals surface area contributed by atoms with Crippen molar-refractivity contribution in [2.24, 2.45) is 16.1 Å². The van der Waals surface area contributed by atoms with Crippen LogP contribution in [0.25, 0.3) is 0 Å². The molecule has 0 radical (unpaired) electrons. The number of nitrogens with zero attached hydrogens (tertiary/aromatic N) is 2. The molecule has 9 heavy (non-hydrogen) atoms. The van der Waals surface area contributed by atoms with E-state index in [4.69, 9.17) is 5.84 Å². The topological polar surface area (TPSA) is 60.0 Å². The Morgan fingerprint density at radius 2 is 1.89 bits per heavy atom. The average Bonchev–Trinajstić information content (AvgIpc) is 1.87. The lowest BCUT2D eigenvalue weighted by Crippen LogP contribution is -2.08. The Balaban J connectivity index is 4.03. The second-order valence-electron chi connectivity index (χ2n) is 1.57. The SMILES string of the molecule is CO/N=C(/C)C(C)=NN. The van der Waals surface area contributed by atoms with Crippen LogP contribution in [-0.4, -0.2) is 18.5 Å². The first kappa shape index (κ1) is 7.94. The molecule has 0 saturated heterocycles. The van der Waals surface area contributed by atoms with E-state index in [-0.39, 0.29) is 0 Å². The maximum absolute atomic E-state index is 4.95. The van der Waals surface area contributed by atoms with Crippen molar-refractivity contribution in [1.29, 1.82) is 0 Å². The van der Waals surface area contributed by atoms with Crippen molar-refractivity contribution in [2.45, 2.75) is 13.8 Å². The van der Waals surface area contributed by atoms with Crippen molar-refractivity contribution in [3.63, 3.8) is 0 Å². The minimum absolute atomic E-state index is 0.678. The Morgan fingerprint density at radius 3 is 2.22 bits per heavy atom. The zero-order chi connectivity index (χ0) is 7.28. The van der Waals surface area contributed by atoms with Gasteiger partial charge in [0.05, 0.1) is 11.4 Å². The highest BCUT2D eigenvalue weighted by Gasteiger charge is 1.93. The second-order valence-corrected chi connectivity index (χ2v) is 1.57. The number of oxime groups is 1. The predicted molar refractivity (Wildman–Crippen MR) is 37.4 cm³/mol. The Bertz CT molecular complexity index is 139. The molecular formula is C5H11N3O. The first-order valence-electron chi connectivity index (χ1n) is 2.55. The molecule has 0 aromatic carbocycles. The predicted octanol–water partition coefficient (Wildman–Crippen LogP) is 0.343. The highest BCUT2D eigenvalue weighted by Crippen LogP contribution is 1.81. The van der Waals surface area contributed by atoms with Crippen LogP contribution in [0, 0.1) is 0 Å². The summed E-state index contributed by atoms with van der Waals surface area (Å²) in [5.74, 6) is 4.95. The normalized spacial score (nSPS) is 13.7. The molecule has 52 valence electrons. The molecule has 0 unspecified atom stereocenters. The van der Waals surface area contributed by atoms with Gasteiger partial charge in [0.25, 0.3) is 0 Å². The van der Waals surface area contributed by atoms with Crippen LogP contribution in [-0.2, 0) is 4.84 Å². The van der Waals surface area contributed by atoms with Gasteiger partial charge in [-0.3, -0.25) is 0 Å². The van der Waals surface area contributed by atoms with E-state index in [1.807, 2.05) is 0 Å². The van der Waals surface area contributed by atoms with Crippen molar-refractivity contribution < 1.29 is 4.84 Å². The van der Waals surface area contributed by atoms with Crippen LogP contribution in [0.3, 0.4) is 0 Å². The van der Waals surface area contributed by atoms with Crippen molar-refractivity contribution in [1.82, 2.24) is 0 Å². The quantitative estimate of drug-likeness (QED) is 0.332. The number of rotatable bonds is 2. The first-order valence-corrected chi connectivity index (χ1v) is 2.55. The maximum atomic E-state index is 4.95. The molecule has 0 saturated carbocycles. The summed E-state index contributed by atoms with van der Waals surface area (Å²) in [6.45, 7) is 3.53. The molecule has 4 heteroatoms. The van der Waals surface area contributed by atoms with Gasteiger partial charge in [0.15, 0.2) is 0 Å². The molecular weight excluding hydrogens is 118 g/mol. The van der Waals surface area contributed by atoms with Crippen molar-refractivity contribution in [3.05, 3.63) is 0 Å². The van der Waals surface area contributed by atoms with E-state index in [9.17, 15) is 0 Å². The molecule has 0 bridgehead atoms. The van der Waals surface area contributed by atoms with E-state index < -0.39 is 0 Å². The molecule has 0 fully saturated rings. The summed E-state index contributed by atoms with van der Waals surface area (Å²) < 4.78 is 0. The fourth-order valence-corrected chi connectivity index (χ4v) is 0.296. The number of hydrazone groups is 1. The van der Waals surface area contributed by atoms with Crippen LogP contribution in [0.1, 0.15) is 13.8 Å². The monoisotopic (exact) mass is 129 g/mol. The van der Waals surface area contributed by atoms with Crippen LogP contribution in [0.5, 0.6) is 0 Å². The Kier molecular flexibility index (Phi) is 3.43. The van der Waals surface area contributed by atoms with Crippen LogP contribution < -0.4 is 5.84 Å². The molecule has 0 aliphatic rings. The van der Waals surface area contributed by atoms with Crippen LogP contribution in [0.15, 0.2) is 10.3 Å². The highest BCUT2D eigenvalue weighted by atomic mass is 16.6. The average molecular weight is 129 g/mol. The van der Waals surface area contributed by atoms with Gasteiger partial charge in [-0.05, 0) is 13.8 Å². The smallest absolute Gasteiger partial charge is 0.106 e. The van der Waals surface area contributed by atoms with Crippen molar-refractivity contribution >= 4 is 11.4 Å². The maximum Gasteiger partial charge on any atom is 0.106 e. The van der Waals surface area contributed by atoms with E-state index in [0.29, 0.717) is 11.4 Å². The molecule has 2 N–H and O–H groups in total. The molecule has 0 aromatic heterocycles. The van der Waals surface area contributed by atoms with Crippen LogP contribution >= 0.6 is 0 Å². The van der Waals surface area contributed by atoms with E-state index in [2.05, 4.69) is 15.1 Å². The van der Waals surface area contributed by atoms with E-state index in [1.165, 1.54) is 7.11 Å². The fourth-order valence-electron chi connectivity index (χ4n) is 0.296. The lowest BCUT2D eigenvalue weighted by molar-refractivity contribution is 0.214. The molecule has 4 nitrogen and oxygen atoms in total. The second kappa shape index (κ2) is 3.88. The van der Waals surface area contributed by atoms with E-state index in [1.54, 1.807) is 13.8 Å². The molecule has 0 amide bonds. The summed E-state index contributed by atoms with van der Waals surface area (Å²) in [4.78, 5) is 4.48. The molecule has 0 heterocycles. The van der Waals surface area contributed by atoms with E-state index >= 15 is 0 Å². The van der Waals surface area contributed by atoms with Gasteiger partial charge in [-0.15, -0.1) is 0 Å². The minimum atomic E-state index is 0.678. The largest absolute Gasteiger partial charge is 0.399 e. The van der Waals surface area contributed by atoms with Crippen molar-refractivity contribution in [3.8, 4) is 0 Å². The van der Waals surface area contributed by atoms with E-state index in [0.717, 1.165) is 0 Å². The molecule has 0 aromatic rings. The molecule has 0 spiro atoms. The van der Waals surface area contributed by atoms with Gasteiger partial charge >= 0.3 is 0 Å². The van der Waals surface area contributed by atoms with Gasteiger partial charge < -0.3 is 10.7 Å². The fraction of sp³-hybridized carbons (Fsp3) is 0.600.